The highest BCUT2D eigenvalue weighted by Crippen LogP contribution is 2.34. The van der Waals surface area contributed by atoms with Crippen LogP contribution in [0.15, 0.2) is 53.3 Å². The molecule has 4 rings (SSSR count). The molecular formula is C19H23N6O+. The van der Waals surface area contributed by atoms with Gasteiger partial charge in [-0.3, -0.25) is 4.79 Å². The van der Waals surface area contributed by atoms with E-state index in [-0.39, 0.29) is 5.78 Å². The zero-order chi connectivity index (χ0) is 18.3. The minimum Gasteiger partial charge on any atom is -0.399 e. The van der Waals surface area contributed by atoms with Gasteiger partial charge in [0.15, 0.2) is 5.82 Å². The number of nitrogens with two attached hydrogens (primary N) is 1. The number of carbonyl (C=O) groups is 1. The summed E-state index contributed by atoms with van der Waals surface area (Å²) in [6, 6.07) is 5.87. The Morgan fingerprint density at radius 3 is 2.69 bits per heavy atom. The number of aliphatic imine (C=N–C) groups is 1. The Balaban J connectivity index is 1.78. The molecule has 7 nitrogen and oxygen atoms in total. The van der Waals surface area contributed by atoms with Crippen molar-refractivity contribution in [2.75, 3.05) is 45.2 Å². The molecule has 26 heavy (non-hydrogen) atoms. The van der Waals surface area contributed by atoms with Crippen molar-refractivity contribution < 1.29 is 9.28 Å². The number of hydrogen-bond donors (Lipinski definition) is 1. The van der Waals surface area contributed by atoms with E-state index in [4.69, 9.17) is 10.8 Å². The van der Waals surface area contributed by atoms with E-state index in [1.807, 2.05) is 28.9 Å². The Morgan fingerprint density at radius 1 is 1.19 bits per heavy atom. The van der Waals surface area contributed by atoms with Crippen molar-refractivity contribution in [3.05, 3.63) is 48.3 Å². The van der Waals surface area contributed by atoms with Crippen LogP contribution in [0, 0.1) is 0 Å². The third-order valence-electron chi connectivity index (χ3n) is 4.96. The predicted molar refractivity (Wildman–Crippen MR) is 103 cm³/mol. The molecule has 1 aliphatic carbocycles. The molecule has 134 valence electrons. The number of likely N-dealkylation sites (N-methyl/N-ethyl adjacent to an activating group) is 1. The van der Waals surface area contributed by atoms with Crippen molar-refractivity contribution >= 4 is 28.5 Å². The number of nitrogens with zero attached hydrogens (tertiary/aromatic N) is 5. The van der Waals surface area contributed by atoms with E-state index >= 15 is 0 Å². The molecule has 0 aromatic carbocycles. The lowest BCUT2D eigenvalue weighted by Gasteiger charge is -2.39. The molecule has 0 amide bonds. The van der Waals surface area contributed by atoms with Crippen molar-refractivity contribution in [1.82, 2.24) is 9.61 Å². The molecule has 0 saturated carbocycles. The third kappa shape index (κ3) is 3.01. The SMILES string of the molecule is C[N+]1(C)CCN(c2nn3ccccc3c2N=C2C=CC(N)=CC2=O)CC1. The molecule has 1 saturated heterocycles. The second-order valence-corrected chi connectivity index (χ2v) is 7.41. The Kier molecular flexibility index (Phi) is 3.88. The van der Waals surface area contributed by atoms with Gasteiger partial charge in [-0.1, -0.05) is 6.07 Å². The van der Waals surface area contributed by atoms with Crippen LogP contribution in [0.4, 0.5) is 11.5 Å². The van der Waals surface area contributed by atoms with E-state index in [0.29, 0.717) is 11.4 Å². The van der Waals surface area contributed by atoms with Crippen molar-refractivity contribution in [2.24, 2.45) is 10.7 Å². The molecule has 0 atom stereocenters. The summed E-state index contributed by atoms with van der Waals surface area (Å²) in [4.78, 5) is 19.2. The van der Waals surface area contributed by atoms with Crippen molar-refractivity contribution in [3.8, 4) is 0 Å². The van der Waals surface area contributed by atoms with Crippen LogP contribution >= 0.6 is 0 Å². The van der Waals surface area contributed by atoms with Gasteiger partial charge in [-0.25, -0.2) is 9.51 Å². The number of allylic oxidation sites excluding steroid dienone is 3. The number of anilines is 1. The van der Waals surface area contributed by atoms with Crippen LogP contribution in [-0.4, -0.2) is 65.9 Å². The fourth-order valence-corrected chi connectivity index (χ4v) is 3.26. The molecule has 1 aliphatic heterocycles. The van der Waals surface area contributed by atoms with Crippen LogP contribution in [0.5, 0.6) is 0 Å². The second kappa shape index (κ2) is 6.10. The number of piperazine rings is 1. The van der Waals surface area contributed by atoms with E-state index < -0.39 is 0 Å². The van der Waals surface area contributed by atoms with Crippen LogP contribution < -0.4 is 10.6 Å². The molecule has 3 heterocycles. The molecule has 7 heteroatoms. The first-order chi connectivity index (χ1) is 12.4. The lowest BCUT2D eigenvalue weighted by Crippen LogP contribution is -2.55. The van der Waals surface area contributed by atoms with E-state index in [0.717, 1.165) is 47.7 Å². The Bertz CT molecular complexity index is 956. The zero-order valence-electron chi connectivity index (χ0n) is 15.1. The van der Waals surface area contributed by atoms with Gasteiger partial charge in [-0.2, -0.15) is 0 Å². The van der Waals surface area contributed by atoms with Crippen molar-refractivity contribution in [3.63, 3.8) is 0 Å². The minimum absolute atomic E-state index is 0.178. The van der Waals surface area contributed by atoms with Gasteiger partial charge in [0, 0.05) is 18.0 Å². The summed E-state index contributed by atoms with van der Waals surface area (Å²) < 4.78 is 2.82. The van der Waals surface area contributed by atoms with Gasteiger partial charge in [0.25, 0.3) is 0 Å². The first-order valence-corrected chi connectivity index (χ1v) is 8.76. The average molecular weight is 351 g/mol. The monoisotopic (exact) mass is 351 g/mol. The number of pyridine rings is 1. The molecule has 2 aromatic rings. The molecule has 0 spiro atoms. The predicted octanol–water partition coefficient (Wildman–Crippen LogP) is 1.28. The zero-order valence-corrected chi connectivity index (χ0v) is 15.1. The first-order valence-electron chi connectivity index (χ1n) is 8.76. The number of carbonyl (C=O) groups excluding carboxylic acids is 1. The molecule has 0 bridgehead atoms. The molecular weight excluding hydrogens is 328 g/mol. The number of hydrogen-bond acceptors (Lipinski definition) is 5. The minimum atomic E-state index is -0.178. The molecule has 1 fully saturated rings. The Morgan fingerprint density at radius 2 is 1.96 bits per heavy atom. The Labute approximate surface area is 152 Å². The summed E-state index contributed by atoms with van der Waals surface area (Å²) in [5.41, 5.74) is 8.15. The Hall–Kier alpha value is -2.93. The van der Waals surface area contributed by atoms with Crippen LogP contribution in [0.3, 0.4) is 0 Å². The number of fused-ring (bicyclic) bond motifs is 1. The summed E-state index contributed by atoms with van der Waals surface area (Å²) in [5, 5.41) is 4.74. The second-order valence-electron chi connectivity index (χ2n) is 7.41. The number of quaternary nitrogens is 1. The molecule has 0 radical (unpaired) electrons. The standard InChI is InChI=1S/C19H22N6O/c1-25(2)11-9-23(10-12-25)19-18(16-5-3-4-8-24(16)22-19)21-15-7-6-14(20)13-17(15)26/h3-8,13H,9-12H2,1-2H3,(H-,20,26)/p+1. The lowest BCUT2D eigenvalue weighted by molar-refractivity contribution is -0.890. The van der Waals surface area contributed by atoms with Gasteiger partial charge in [0.1, 0.15) is 11.4 Å². The maximum atomic E-state index is 12.3. The van der Waals surface area contributed by atoms with E-state index in [2.05, 4.69) is 24.0 Å². The number of rotatable bonds is 2. The van der Waals surface area contributed by atoms with Gasteiger partial charge in [-0.15, -0.1) is 5.10 Å². The van der Waals surface area contributed by atoms with Crippen molar-refractivity contribution in [1.29, 1.82) is 0 Å². The summed E-state index contributed by atoms with van der Waals surface area (Å²) in [6.45, 7) is 3.90. The quantitative estimate of drug-likeness (QED) is 0.653. The maximum Gasteiger partial charge on any atom is 0.206 e. The summed E-state index contributed by atoms with van der Waals surface area (Å²) >= 11 is 0. The smallest absolute Gasteiger partial charge is 0.206 e. The topological polar surface area (TPSA) is 76.0 Å². The van der Waals surface area contributed by atoms with Gasteiger partial charge < -0.3 is 15.1 Å². The number of aromatic nitrogens is 2. The van der Waals surface area contributed by atoms with Gasteiger partial charge in [-0.05, 0) is 24.3 Å². The van der Waals surface area contributed by atoms with Crippen LogP contribution in [0.1, 0.15) is 0 Å². The highest BCUT2D eigenvalue weighted by molar-refractivity contribution is 6.49. The van der Waals surface area contributed by atoms with Crippen molar-refractivity contribution in [2.45, 2.75) is 0 Å². The highest BCUT2D eigenvalue weighted by atomic mass is 16.1. The molecule has 2 aliphatic rings. The summed E-state index contributed by atoms with van der Waals surface area (Å²) in [7, 11) is 4.48. The van der Waals surface area contributed by atoms with Crippen LogP contribution in [0.25, 0.3) is 5.52 Å². The fraction of sp³-hybridized carbons (Fsp3) is 0.316. The van der Waals surface area contributed by atoms with Gasteiger partial charge in [0.05, 0.1) is 45.8 Å². The largest absolute Gasteiger partial charge is 0.399 e. The van der Waals surface area contributed by atoms with Gasteiger partial charge >= 0.3 is 0 Å². The molecule has 2 N–H and O–H groups in total. The van der Waals surface area contributed by atoms with Crippen LogP contribution in [0.2, 0.25) is 0 Å². The van der Waals surface area contributed by atoms with Crippen LogP contribution in [-0.2, 0) is 4.79 Å². The maximum absolute atomic E-state index is 12.3. The van der Waals surface area contributed by atoms with Gasteiger partial charge in [0.2, 0.25) is 5.78 Å². The fourth-order valence-electron chi connectivity index (χ4n) is 3.26. The summed E-state index contributed by atoms with van der Waals surface area (Å²) in [5.74, 6) is 0.648. The average Bonchev–Trinajstić information content (AvgIpc) is 2.96. The third-order valence-corrected chi connectivity index (χ3v) is 4.96. The molecule has 2 aromatic heterocycles. The number of ketones is 1. The van der Waals surface area contributed by atoms with E-state index in [1.165, 1.54) is 6.08 Å². The van der Waals surface area contributed by atoms with E-state index in [1.54, 1.807) is 12.2 Å². The lowest BCUT2D eigenvalue weighted by atomic mass is 10.1. The molecule has 0 unspecified atom stereocenters. The summed E-state index contributed by atoms with van der Waals surface area (Å²) in [6.07, 6.45) is 6.69. The first kappa shape index (κ1) is 16.5. The highest BCUT2D eigenvalue weighted by Gasteiger charge is 2.28. The normalized spacial score (nSPS) is 21.5. The van der Waals surface area contributed by atoms with E-state index in [9.17, 15) is 4.79 Å².